The summed E-state index contributed by atoms with van der Waals surface area (Å²) in [6.45, 7) is 4.94. The maximum atomic E-state index is 12.5. The summed E-state index contributed by atoms with van der Waals surface area (Å²) < 4.78 is 5.48. The summed E-state index contributed by atoms with van der Waals surface area (Å²) in [4.78, 5) is 24.6. The molecule has 67 heavy (non-hydrogen) atoms. The van der Waals surface area contributed by atoms with Crippen LogP contribution in [-0.4, -0.2) is 47.4 Å². The smallest absolute Gasteiger partial charge is 0.305 e. The molecule has 0 spiro atoms. The predicted octanol–water partition coefficient (Wildman–Crippen LogP) is 19.1. The van der Waals surface area contributed by atoms with E-state index in [-0.39, 0.29) is 18.5 Å². The zero-order valence-electron chi connectivity index (χ0n) is 45.7. The summed E-state index contributed by atoms with van der Waals surface area (Å²) in [6, 6.07) is -0.558. The Morgan fingerprint density at radius 2 is 0.612 bits per heavy atom. The van der Waals surface area contributed by atoms with Gasteiger partial charge in [-0.15, -0.1) is 0 Å². The van der Waals surface area contributed by atoms with E-state index in [2.05, 4.69) is 19.2 Å². The van der Waals surface area contributed by atoms with Crippen LogP contribution < -0.4 is 5.32 Å². The highest BCUT2D eigenvalue weighted by molar-refractivity contribution is 5.76. The van der Waals surface area contributed by atoms with Crippen LogP contribution >= 0.6 is 0 Å². The molecule has 0 fully saturated rings. The van der Waals surface area contributed by atoms with Gasteiger partial charge in [0, 0.05) is 12.8 Å². The second-order valence-electron chi connectivity index (χ2n) is 21.4. The number of aliphatic hydroxyl groups excluding tert-OH is 2. The second-order valence-corrected chi connectivity index (χ2v) is 21.4. The fourth-order valence-corrected chi connectivity index (χ4v) is 9.94. The number of nitrogens with one attached hydrogen (secondary N) is 1. The van der Waals surface area contributed by atoms with Crippen LogP contribution in [0.3, 0.4) is 0 Å². The number of hydrogen-bond acceptors (Lipinski definition) is 5. The number of carbonyl (C=O) groups is 2. The Labute approximate surface area is 419 Å². The van der Waals surface area contributed by atoms with Crippen molar-refractivity contribution in [3.63, 3.8) is 0 Å². The van der Waals surface area contributed by atoms with E-state index in [1.807, 2.05) is 0 Å². The van der Waals surface area contributed by atoms with Crippen molar-refractivity contribution in [1.82, 2.24) is 5.32 Å². The van der Waals surface area contributed by atoms with E-state index in [0.717, 1.165) is 57.8 Å². The molecular formula is C61H121NO5. The minimum atomic E-state index is -0.679. The first-order chi connectivity index (χ1) is 33.0. The summed E-state index contributed by atoms with van der Waals surface area (Å²) in [5, 5.41) is 23.4. The maximum absolute atomic E-state index is 12.5. The van der Waals surface area contributed by atoms with Gasteiger partial charge in [0.25, 0.3) is 0 Å². The summed E-state index contributed by atoms with van der Waals surface area (Å²) in [7, 11) is 0. The van der Waals surface area contributed by atoms with Crippen molar-refractivity contribution in [3.8, 4) is 0 Å². The van der Waals surface area contributed by atoms with Gasteiger partial charge in [-0.1, -0.05) is 316 Å². The van der Waals surface area contributed by atoms with E-state index >= 15 is 0 Å². The normalized spacial score (nSPS) is 12.5. The van der Waals surface area contributed by atoms with Gasteiger partial charge in [0.1, 0.15) is 0 Å². The number of carbonyl (C=O) groups excluding carboxylic acids is 2. The first-order valence-corrected chi connectivity index (χ1v) is 30.8. The molecule has 0 aromatic rings. The van der Waals surface area contributed by atoms with Crippen LogP contribution in [0.5, 0.6) is 0 Å². The minimum Gasteiger partial charge on any atom is -0.466 e. The quantitative estimate of drug-likeness (QED) is 0.0417. The summed E-state index contributed by atoms with van der Waals surface area (Å²) >= 11 is 0. The monoisotopic (exact) mass is 948 g/mol. The van der Waals surface area contributed by atoms with Crippen molar-refractivity contribution in [2.45, 2.75) is 366 Å². The molecule has 6 heteroatoms. The zero-order valence-corrected chi connectivity index (χ0v) is 45.7. The molecule has 2 atom stereocenters. The van der Waals surface area contributed by atoms with E-state index in [9.17, 15) is 19.8 Å². The third kappa shape index (κ3) is 54.0. The molecule has 0 aliphatic heterocycles. The fourth-order valence-electron chi connectivity index (χ4n) is 9.94. The molecule has 3 N–H and O–H groups in total. The molecule has 0 saturated heterocycles. The molecule has 0 radical (unpaired) electrons. The van der Waals surface area contributed by atoms with Gasteiger partial charge in [-0.05, 0) is 25.7 Å². The zero-order chi connectivity index (χ0) is 48.6. The van der Waals surface area contributed by atoms with Gasteiger partial charge in [0.05, 0.1) is 25.4 Å². The van der Waals surface area contributed by atoms with Crippen molar-refractivity contribution in [2.75, 3.05) is 13.2 Å². The van der Waals surface area contributed by atoms with Crippen LogP contribution in [0.25, 0.3) is 0 Å². The van der Waals surface area contributed by atoms with Gasteiger partial charge >= 0.3 is 5.97 Å². The van der Waals surface area contributed by atoms with E-state index in [4.69, 9.17) is 4.74 Å². The van der Waals surface area contributed by atoms with Crippen LogP contribution in [-0.2, 0) is 14.3 Å². The Hall–Kier alpha value is -1.14. The van der Waals surface area contributed by atoms with E-state index in [1.54, 1.807) is 0 Å². The molecule has 0 aliphatic rings. The molecule has 0 aliphatic carbocycles. The first-order valence-electron chi connectivity index (χ1n) is 30.8. The highest BCUT2D eigenvalue weighted by atomic mass is 16.5. The van der Waals surface area contributed by atoms with Gasteiger partial charge in [-0.25, -0.2) is 0 Å². The Balaban J connectivity index is 3.43. The molecule has 0 saturated carbocycles. The number of aliphatic hydroxyl groups is 2. The van der Waals surface area contributed by atoms with Gasteiger partial charge in [-0.3, -0.25) is 9.59 Å². The van der Waals surface area contributed by atoms with E-state index in [0.29, 0.717) is 25.9 Å². The van der Waals surface area contributed by atoms with Crippen LogP contribution in [0.4, 0.5) is 0 Å². The van der Waals surface area contributed by atoms with Crippen molar-refractivity contribution < 1.29 is 24.5 Å². The van der Waals surface area contributed by atoms with Gasteiger partial charge < -0.3 is 20.3 Å². The average Bonchev–Trinajstić information content (AvgIpc) is 3.33. The van der Waals surface area contributed by atoms with Crippen LogP contribution in [0.15, 0.2) is 0 Å². The third-order valence-electron chi connectivity index (χ3n) is 14.7. The van der Waals surface area contributed by atoms with Crippen molar-refractivity contribution >= 4 is 11.9 Å². The van der Waals surface area contributed by atoms with Gasteiger partial charge in [0.2, 0.25) is 5.91 Å². The van der Waals surface area contributed by atoms with Crippen LogP contribution in [0.2, 0.25) is 0 Å². The van der Waals surface area contributed by atoms with Crippen molar-refractivity contribution in [1.29, 1.82) is 0 Å². The molecule has 0 aromatic carbocycles. The first kappa shape index (κ1) is 65.9. The van der Waals surface area contributed by atoms with E-state index in [1.165, 1.54) is 263 Å². The molecule has 0 heterocycles. The lowest BCUT2D eigenvalue weighted by Gasteiger charge is -2.22. The molecule has 0 rings (SSSR count). The lowest BCUT2D eigenvalue weighted by molar-refractivity contribution is -0.143. The number of rotatable bonds is 58. The lowest BCUT2D eigenvalue weighted by atomic mass is 10.0. The summed E-state index contributed by atoms with van der Waals surface area (Å²) in [5.74, 6) is -0.0657. The maximum Gasteiger partial charge on any atom is 0.305 e. The predicted molar refractivity (Wildman–Crippen MR) is 292 cm³/mol. The number of amides is 1. The molecule has 1 amide bonds. The summed E-state index contributed by atoms with van der Waals surface area (Å²) in [6.07, 6.45) is 66.7. The fraction of sp³-hybridized carbons (Fsp3) is 0.967. The number of unbranched alkanes of at least 4 members (excludes halogenated alkanes) is 47. The largest absolute Gasteiger partial charge is 0.466 e. The molecule has 6 nitrogen and oxygen atoms in total. The molecule has 0 aromatic heterocycles. The van der Waals surface area contributed by atoms with Crippen molar-refractivity contribution in [3.05, 3.63) is 0 Å². The SMILES string of the molecule is CCCCCCCCCCCCCCCCCCCCCCCCCCC(O)C(CO)NC(=O)CCCCCCCCCCCCOC(=O)CCCCCCCCCCCCCCCCCC. The van der Waals surface area contributed by atoms with Gasteiger partial charge in [-0.2, -0.15) is 0 Å². The molecule has 0 bridgehead atoms. The topological polar surface area (TPSA) is 95.9 Å². The van der Waals surface area contributed by atoms with Gasteiger partial charge in [0.15, 0.2) is 0 Å². The second kappa shape index (κ2) is 57.4. The Morgan fingerprint density at radius 3 is 0.910 bits per heavy atom. The van der Waals surface area contributed by atoms with E-state index < -0.39 is 12.1 Å². The standard InChI is InChI=1S/C61H121NO5/c1-3-5-7-9-11-13-15-17-19-21-22-23-24-25-26-27-28-29-31-33-37-41-45-49-53-59(64)58(57-63)62-60(65)54-50-46-42-38-35-36-40-44-48-52-56-67-61(66)55-51-47-43-39-34-32-30-20-18-16-14-12-10-8-6-4-2/h58-59,63-64H,3-57H2,1-2H3,(H,62,65). The highest BCUT2D eigenvalue weighted by Gasteiger charge is 2.20. The number of hydrogen-bond donors (Lipinski definition) is 3. The minimum absolute atomic E-state index is 0.0135. The lowest BCUT2D eigenvalue weighted by Crippen LogP contribution is -2.45. The summed E-state index contributed by atoms with van der Waals surface area (Å²) in [5.41, 5.74) is 0. The van der Waals surface area contributed by atoms with Crippen LogP contribution in [0, 0.1) is 0 Å². The molecule has 2 unspecified atom stereocenters. The van der Waals surface area contributed by atoms with Crippen molar-refractivity contribution in [2.24, 2.45) is 0 Å². The highest BCUT2D eigenvalue weighted by Crippen LogP contribution is 2.18. The average molecular weight is 949 g/mol. The molecular weight excluding hydrogens is 827 g/mol. The van der Waals surface area contributed by atoms with Crippen LogP contribution in [0.1, 0.15) is 354 Å². The third-order valence-corrected chi connectivity index (χ3v) is 14.7. The number of esters is 1. The molecule has 400 valence electrons. The Kier molecular flexibility index (Phi) is 56.5. The Morgan fingerprint density at radius 1 is 0.358 bits per heavy atom. The number of ether oxygens (including phenoxy) is 1. The Bertz CT molecular complexity index is 959.